The molecule has 3 aliphatic rings. The maximum atomic E-state index is 12.9. The number of amides is 1. The van der Waals surface area contributed by atoms with Crippen LogP contribution in [0.3, 0.4) is 0 Å². The molecule has 2 heterocycles. The monoisotopic (exact) mass is 379 g/mol. The van der Waals surface area contributed by atoms with E-state index < -0.39 is 28.8 Å². The van der Waals surface area contributed by atoms with Crippen molar-refractivity contribution in [3.8, 4) is 0 Å². The smallest absolute Gasteiger partial charge is 0.296 e. The summed E-state index contributed by atoms with van der Waals surface area (Å²) in [5, 5.41) is 34.2. The summed E-state index contributed by atoms with van der Waals surface area (Å²) >= 11 is 0. The van der Waals surface area contributed by atoms with Crippen LogP contribution < -0.4 is 0 Å². The van der Waals surface area contributed by atoms with Crippen LogP contribution in [0.15, 0.2) is 65.9 Å². The molecule has 2 aromatic carbocycles. The van der Waals surface area contributed by atoms with Crippen LogP contribution in [0.5, 0.6) is 0 Å². The molecule has 5 rings (SSSR count). The van der Waals surface area contributed by atoms with Gasteiger partial charge in [0.05, 0.1) is 5.57 Å². The SMILES string of the molecule is CC1=C2C(=O)C(=O)N(Cc3ccccc3)[C@]23C(O)(O)c2ccccc2[C@]3(O)O1. The minimum Gasteiger partial charge on any atom is -0.459 e. The van der Waals surface area contributed by atoms with Crippen molar-refractivity contribution < 1.29 is 29.6 Å². The number of Topliss-reactive ketones (excluding diaryl/α,β-unsaturated/α-hetero) is 1. The molecule has 1 fully saturated rings. The first-order valence-corrected chi connectivity index (χ1v) is 8.84. The quantitative estimate of drug-likeness (QED) is 0.522. The van der Waals surface area contributed by atoms with Gasteiger partial charge in [-0.15, -0.1) is 0 Å². The number of rotatable bonds is 2. The van der Waals surface area contributed by atoms with Crippen molar-refractivity contribution in [2.45, 2.75) is 30.6 Å². The van der Waals surface area contributed by atoms with Crippen molar-refractivity contribution >= 4 is 11.7 Å². The topological polar surface area (TPSA) is 107 Å². The standard InChI is InChI=1S/C21H17NO6/c1-12-16-17(23)18(24)22(11-13-7-3-2-4-8-13)19(16)20(25,26)14-9-5-6-10-15(14)21(19,27)28-12/h2-10,25-27H,11H2,1H3/t19-,21-/m0/s1. The molecule has 7 nitrogen and oxygen atoms in total. The first kappa shape index (κ1) is 17.1. The van der Waals surface area contributed by atoms with E-state index in [9.17, 15) is 24.9 Å². The molecule has 1 amide bonds. The molecule has 2 atom stereocenters. The molecule has 2 aliphatic heterocycles. The van der Waals surface area contributed by atoms with Gasteiger partial charge in [0.1, 0.15) is 5.76 Å². The lowest BCUT2D eigenvalue weighted by atomic mass is 9.79. The van der Waals surface area contributed by atoms with E-state index in [1.54, 1.807) is 42.5 Å². The van der Waals surface area contributed by atoms with Gasteiger partial charge >= 0.3 is 0 Å². The Morgan fingerprint density at radius 2 is 1.54 bits per heavy atom. The van der Waals surface area contributed by atoms with Gasteiger partial charge in [0.25, 0.3) is 17.5 Å². The number of carbonyl (C=O) groups excluding carboxylic acids is 2. The highest BCUT2D eigenvalue weighted by Gasteiger charge is 2.84. The summed E-state index contributed by atoms with van der Waals surface area (Å²) in [6, 6.07) is 15.0. The van der Waals surface area contributed by atoms with E-state index in [0.29, 0.717) is 5.56 Å². The number of allylic oxidation sites excluding steroid dienone is 1. The second-order valence-electron chi connectivity index (χ2n) is 7.31. The summed E-state index contributed by atoms with van der Waals surface area (Å²) in [4.78, 5) is 26.8. The molecule has 28 heavy (non-hydrogen) atoms. The Kier molecular flexibility index (Phi) is 3.11. The second-order valence-corrected chi connectivity index (χ2v) is 7.31. The Labute approximate surface area is 160 Å². The Bertz CT molecular complexity index is 1080. The normalized spacial score (nSPS) is 29.6. The highest BCUT2D eigenvalue weighted by molar-refractivity contribution is 6.46. The second kappa shape index (κ2) is 5.08. The van der Waals surface area contributed by atoms with Crippen LogP contribution in [-0.2, 0) is 32.4 Å². The van der Waals surface area contributed by atoms with Gasteiger partial charge in [-0.1, -0.05) is 54.6 Å². The number of likely N-dealkylation sites (tertiary alicyclic amines) is 1. The third-order valence-corrected chi connectivity index (χ3v) is 5.93. The summed E-state index contributed by atoms with van der Waals surface area (Å²) in [5.74, 6) is -6.87. The molecule has 0 aromatic heterocycles. The number of hydrogen-bond acceptors (Lipinski definition) is 6. The van der Waals surface area contributed by atoms with E-state index in [-0.39, 0.29) is 29.0 Å². The van der Waals surface area contributed by atoms with Crippen LogP contribution in [0.25, 0.3) is 0 Å². The molecule has 2 aromatic rings. The lowest BCUT2D eigenvalue weighted by Gasteiger charge is -2.45. The van der Waals surface area contributed by atoms with Crippen molar-refractivity contribution in [3.05, 3.63) is 82.6 Å². The third-order valence-electron chi connectivity index (χ3n) is 5.93. The van der Waals surface area contributed by atoms with Crippen LogP contribution in [-0.4, -0.2) is 37.4 Å². The van der Waals surface area contributed by atoms with Gasteiger partial charge in [-0.05, 0) is 12.5 Å². The zero-order chi connectivity index (χ0) is 19.9. The molecule has 0 saturated carbocycles. The fourth-order valence-corrected chi connectivity index (χ4v) is 4.88. The van der Waals surface area contributed by atoms with Gasteiger partial charge in [-0.25, -0.2) is 0 Å². The Hall–Kier alpha value is -3.00. The van der Waals surface area contributed by atoms with Gasteiger partial charge in [0.15, 0.2) is 0 Å². The molecule has 0 radical (unpaired) electrons. The number of aliphatic hydroxyl groups is 3. The van der Waals surface area contributed by atoms with Gasteiger partial charge in [0.2, 0.25) is 11.3 Å². The van der Waals surface area contributed by atoms with E-state index in [1.807, 2.05) is 0 Å². The zero-order valence-corrected chi connectivity index (χ0v) is 14.9. The highest BCUT2D eigenvalue weighted by atomic mass is 16.6. The number of hydrogen-bond donors (Lipinski definition) is 3. The zero-order valence-electron chi connectivity index (χ0n) is 14.9. The Morgan fingerprint density at radius 3 is 2.21 bits per heavy atom. The number of carbonyl (C=O) groups is 2. The number of benzene rings is 2. The minimum absolute atomic E-state index is 0.00149. The highest BCUT2D eigenvalue weighted by Crippen LogP contribution is 2.66. The summed E-state index contributed by atoms with van der Waals surface area (Å²) in [5.41, 5.74) is -1.66. The molecule has 1 spiro atoms. The molecular formula is C21H17NO6. The van der Waals surface area contributed by atoms with Gasteiger partial charge in [-0.2, -0.15) is 0 Å². The fraction of sp³-hybridized carbons (Fsp3) is 0.238. The van der Waals surface area contributed by atoms with E-state index >= 15 is 0 Å². The number of ketones is 1. The van der Waals surface area contributed by atoms with E-state index in [4.69, 9.17) is 4.74 Å². The van der Waals surface area contributed by atoms with E-state index in [1.165, 1.54) is 19.1 Å². The molecule has 1 saturated heterocycles. The Balaban J connectivity index is 1.82. The van der Waals surface area contributed by atoms with Crippen molar-refractivity contribution in [1.82, 2.24) is 4.90 Å². The lowest BCUT2D eigenvalue weighted by molar-refractivity contribution is -0.317. The summed E-state index contributed by atoms with van der Waals surface area (Å²) in [6.45, 7) is 1.33. The number of nitrogens with zero attached hydrogens (tertiary/aromatic N) is 1. The van der Waals surface area contributed by atoms with Crippen molar-refractivity contribution in [3.63, 3.8) is 0 Å². The van der Waals surface area contributed by atoms with Crippen molar-refractivity contribution in [2.75, 3.05) is 0 Å². The van der Waals surface area contributed by atoms with Gasteiger partial charge < -0.3 is 25.0 Å². The van der Waals surface area contributed by atoms with Crippen molar-refractivity contribution in [1.29, 1.82) is 0 Å². The van der Waals surface area contributed by atoms with E-state index in [0.717, 1.165) is 4.90 Å². The molecule has 3 N–H and O–H groups in total. The van der Waals surface area contributed by atoms with Crippen LogP contribution >= 0.6 is 0 Å². The van der Waals surface area contributed by atoms with Crippen LogP contribution in [0.1, 0.15) is 23.6 Å². The van der Waals surface area contributed by atoms with Crippen LogP contribution in [0.2, 0.25) is 0 Å². The maximum Gasteiger partial charge on any atom is 0.296 e. The molecular weight excluding hydrogens is 362 g/mol. The van der Waals surface area contributed by atoms with Gasteiger partial charge in [0, 0.05) is 17.7 Å². The van der Waals surface area contributed by atoms with Crippen LogP contribution in [0.4, 0.5) is 0 Å². The molecule has 0 bridgehead atoms. The van der Waals surface area contributed by atoms with E-state index in [2.05, 4.69) is 0 Å². The third kappa shape index (κ3) is 1.62. The molecule has 142 valence electrons. The molecule has 0 unspecified atom stereocenters. The summed E-state index contributed by atoms with van der Waals surface area (Å²) in [6.07, 6.45) is 0. The first-order valence-electron chi connectivity index (χ1n) is 8.84. The van der Waals surface area contributed by atoms with Crippen LogP contribution in [0, 0.1) is 0 Å². The molecule has 7 heteroatoms. The average molecular weight is 379 g/mol. The predicted molar refractivity (Wildman–Crippen MR) is 95.0 cm³/mol. The predicted octanol–water partition coefficient (Wildman–Crippen LogP) is 0.637. The molecule has 1 aliphatic carbocycles. The number of fused-ring (bicyclic) bond motifs is 2. The largest absolute Gasteiger partial charge is 0.459 e. The maximum absolute atomic E-state index is 12.9. The average Bonchev–Trinajstić information content (AvgIpc) is 3.12. The minimum atomic E-state index is -2.73. The summed E-state index contributed by atoms with van der Waals surface area (Å²) < 4.78 is 5.68. The lowest BCUT2D eigenvalue weighted by Crippen LogP contribution is -2.66. The van der Waals surface area contributed by atoms with Crippen molar-refractivity contribution in [2.24, 2.45) is 0 Å². The number of ether oxygens (including phenoxy) is 1. The van der Waals surface area contributed by atoms with Gasteiger partial charge in [-0.3, -0.25) is 9.59 Å². The Morgan fingerprint density at radius 1 is 0.929 bits per heavy atom. The summed E-state index contributed by atoms with van der Waals surface area (Å²) in [7, 11) is 0. The first-order chi connectivity index (χ1) is 13.3. The fourth-order valence-electron chi connectivity index (χ4n) is 4.88.